The first kappa shape index (κ1) is 9.71. The molecule has 0 radical (unpaired) electrons. The van der Waals surface area contributed by atoms with E-state index in [1.165, 1.54) is 5.56 Å². The minimum atomic E-state index is 0.779. The van der Waals surface area contributed by atoms with Crippen molar-refractivity contribution in [1.29, 1.82) is 0 Å². The number of nitrogens with zero attached hydrogens (tertiary/aromatic N) is 1. The van der Waals surface area contributed by atoms with Gasteiger partial charge in [-0.05, 0) is 17.5 Å². The number of aromatic nitrogens is 1. The fourth-order valence-electron chi connectivity index (χ4n) is 1.73. The Morgan fingerprint density at radius 1 is 1.20 bits per heavy atom. The van der Waals surface area contributed by atoms with Crippen LogP contribution in [0.4, 0.5) is 0 Å². The maximum Gasteiger partial charge on any atom is 0.151 e. The number of aryl methyl sites for hydroxylation is 1. The molecule has 1 heterocycles. The van der Waals surface area contributed by atoms with Crippen LogP contribution in [-0.4, -0.2) is 10.9 Å². The van der Waals surface area contributed by atoms with Crippen molar-refractivity contribution >= 4 is 6.29 Å². The van der Waals surface area contributed by atoms with Crippen molar-refractivity contribution in [3.8, 4) is 0 Å². The Bertz CT molecular complexity index is 457. The van der Waals surface area contributed by atoms with Crippen LogP contribution in [0.5, 0.6) is 0 Å². The van der Waals surface area contributed by atoms with Crippen molar-refractivity contribution in [2.75, 3.05) is 0 Å². The molecule has 0 unspecified atom stereocenters. The second-order valence-corrected chi connectivity index (χ2v) is 3.68. The Balaban J connectivity index is 2.28. The Morgan fingerprint density at radius 3 is 2.60 bits per heavy atom. The largest absolute Gasteiger partial charge is 0.356 e. The average Bonchev–Trinajstić information content (AvgIpc) is 2.60. The summed E-state index contributed by atoms with van der Waals surface area (Å²) in [6, 6.07) is 10.2. The molecule has 0 fully saturated rings. The minimum absolute atomic E-state index is 0.779. The van der Waals surface area contributed by atoms with Crippen LogP contribution in [0.1, 0.15) is 21.5 Å². The SMILES string of the molecule is Cn1cc(C=O)c(Cc2ccccc2)c1. The van der Waals surface area contributed by atoms with Gasteiger partial charge in [0.05, 0.1) is 0 Å². The second kappa shape index (κ2) is 4.13. The Labute approximate surface area is 89.2 Å². The van der Waals surface area contributed by atoms with Crippen LogP contribution in [-0.2, 0) is 13.5 Å². The van der Waals surface area contributed by atoms with Gasteiger partial charge in [-0.3, -0.25) is 4.79 Å². The van der Waals surface area contributed by atoms with E-state index in [4.69, 9.17) is 0 Å². The van der Waals surface area contributed by atoms with E-state index in [1.807, 2.05) is 42.2 Å². The van der Waals surface area contributed by atoms with Crippen LogP contribution in [0.3, 0.4) is 0 Å². The van der Waals surface area contributed by atoms with Gasteiger partial charge in [-0.1, -0.05) is 30.3 Å². The first-order valence-corrected chi connectivity index (χ1v) is 4.93. The van der Waals surface area contributed by atoms with Gasteiger partial charge < -0.3 is 4.57 Å². The summed E-state index contributed by atoms with van der Waals surface area (Å²) >= 11 is 0. The molecule has 0 N–H and O–H groups in total. The summed E-state index contributed by atoms with van der Waals surface area (Å²) in [5, 5.41) is 0. The number of carbonyl (C=O) groups is 1. The predicted octanol–water partition coefficient (Wildman–Crippen LogP) is 2.43. The minimum Gasteiger partial charge on any atom is -0.356 e. The molecule has 0 saturated carbocycles. The summed E-state index contributed by atoms with van der Waals surface area (Å²) in [6.45, 7) is 0. The lowest BCUT2D eigenvalue weighted by atomic mass is 10.1. The average molecular weight is 199 g/mol. The predicted molar refractivity (Wildman–Crippen MR) is 60.0 cm³/mol. The molecule has 0 saturated heterocycles. The fourth-order valence-corrected chi connectivity index (χ4v) is 1.73. The van der Waals surface area contributed by atoms with Gasteiger partial charge in [-0.15, -0.1) is 0 Å². The van der Waals surface area contributed by atoms with Gasteiger partial charge in [0.15, 0.2) is 6.29 Å². The maximum absolute atomic E-state index is 10.8. The molecule has 0 spiro atoms. The molecule has 1 aromatic heterocycles. The lowest BCUT2D eigenvalue weighted by molar-refractivity contribution is 0.112. The highest BCUT2D eigenvalue weighted by atomic mass is 16.1. The van der Waals surface area contributed by atoms with Crippen LogP contribution < -0.4 is 0 Å². The van der Waals surface area contributed by atoms with Crippen LogP contribution in [0.2, 0.25) is 0 Å². The van der Waals surface area contributed by atoms with E-state index < -0.39 is 0 Å². The molecule has 0 bridgehead atoms. The highest BCUT2D eigenvalue weighted by Crippen LogP contribution is 2.13. The third kappa shape index (κ3) is 2.15. The van der Waals surface area contributed by atoms with Crippen molar-refractivity contribution in [3.05, 3.63) is 59.4 Å². The molecular formula is C13H13NO. The summed E-state index contributed by atoms with van der Waals surface area (Å²) in [5.41, 5.74) is 3.09. The van der Waals surface area contributed by atoms with E-state index in [-0.39, 0.29) is 0 Å². The molecule has 0 aliphatic heterocycles. The number of benzene rings is 1. The molecule has 76 valence electrons. The fraction of sp³-hybridized carbons (Fsp3) is 0.154. The van der Waals surface area contributed by atoms with Crippen LogP contribution >= 0.6 is 0 Å². The van der Waals surface area contributed by atoms with E-state index >= 15 is 0 Å². The third-order valence-corrected chi connectivity index (χ3v) is 2.44. The smallest absolute Gasteiger partial charge is 0.151 e. The third-order valence-electron chi connectivity index (χ3n) is 2.44. The number of carbonyl (C=O) groups excluding carboxylic acids is 1. The van der Waals surface area contributed by atoms with Crippen LogP contribution in [0.25, 0.3) is 0 Å². The lowest BCUT2D eigenvalue weighted by Gasteiger charge is -1.99. The van der Waals surface area contributed by atoms with Gasteiger partial charge in [-0.25, -0.2) is 0 Å². The number of aldehydes is 1. The zero-order valence-corrected chi connectivity index (χ0v) is 8.68. The lowest BCUT2D eigenvalue weighted by Crippen LogP contribution is -1.89. The number of hydrogen-bond donors (Lipinski definition) is 0. The highest BCUT2D eigenvalue weighted by molar-refractivity contribution is 5.77. The van der Waals surface area contributed by atoms with Gasteiger partial charge in [0.25, 0.3) is 0 Å². The summed E-state index contributed by atoms with van der Waals surface area (Å²) in [4.78, 5) is 10.8. The van der Waals surface area contributed by atoms with Gasteiger partial charge in [0, 0.05) is 25.0 Å². The monoisotopic (exact) mass is 199 g/mol. The standard InChI is InChI=1S/C13H13NO/c1-14-8-12(13(9-14)10-15)7-11-5-3-2-4-6-11/h2-6,8-10H,7H2,1H3. The molecule has 2 aromatic rings. The Kier molecular flexibility index (Phi) is 2.68. The van der Waals surface area contributed by atoms with Gasteiger partial charge >= 0.3 is 0 Å². The van der Waals surface area contributed by atoms with E-state index in [0.29, 0.717) is 0 Å². The van der Waals surface area contributed by atoms with E-state index in [2.05, 4.69) is 12.1 Å². The van der Waals surface area contributed by atoms with Crippen molar-refractivity contribution in [2.24, 2.45) is 7.05 Å². The maximum atomic E-state index is 10.8. The molecule has 2 rings (SSSR count). The molecule has 0 aliphatic rings. The summed E-state index contributed by atoms with van der Waals surface area (Å²) in [6.07, 6.45) is 5.58. The van der Waals surface area contributed by atoms with Crippen molar-refractivity contribution in [1.82, 2.24) is 4.57 Å². The van der Waals surface area contributed by atoms with Crippen LogP contribution in [0, 0.1) is 0 Å². The number of hydrogen-bond acceptors (Lipinski definition) is 1. The first-order valence-electron chi connectivity index (χ1n) is 4.93. The number of rotatable bonds is 3. The van der Waals surface area contributed by atoms with Crippen LogP contribution in [0.15, 0.2) is 42.7 Å². The molecular weight excluding hydrogens is 186 g/mol. The van der Waals surface area contributed by atoms with Gasteiger partial charge in [0.1, 0.15) is 0 Å². The van der Waals surface area contributed by atoms with E-state index in [9.17, 15) is 4.79 Å². The quantitative estimate of drug-likeness (QED) is 0.696. The Morgan fingerprint density at radius 2 is 1.93 bits per heavy atom. The first-order chi connectivity index (χ1) is 7.29. The second-order valence-electron chi connectivity index (χ2n) is 3.68. The Hall–Kier alpha value is -1.83. The summed E-state index contributed by atoms with van der Waals surface area (Å²) in [7, 11) is 1.93. The van der Waals surface area contributed by atoms with Crippen molar-refractivity contribution < 1.29 is 4.79 Å². The van der Waals surface area contributed by atoms with E-state index in [0.717, 1.165) is 23.8 Å². The molecule has 15 heavy (non-hydrogen) atoms. The molecule has 2 nitrogen and oxygen atoms in total. The highest BCUT2D eigenvalue weighted by Gasteiger charge is 2.04. The molecule has 0 aliphatic carbocycles. The van der Waals surface area contributed by atoms with E-state index in [1.54, 1.807) is 0 Å². The summed E-state index contributed by atoms with van der Waals surface area (Å²) < 4.78 is 1.92. The molecule has 1 aromatic carbocycles. The zero-order chi connectivity index (χ0) is 10.7. The topological polar surface area (TPSA) is 22.0 Å². The molecule has 0 atom stereocenters. The van der Waals surface area contributed by atoms with Gasteiger partial charge in [0.2, 0.25) is 0 Å². The van der Waals surface area contributed by atoms with Crippen molar-refractivity contribution in [3.63, 3.8) is 0 Å². The normalized spacial score (nSPS) is 10.2. The molecule has 2 heteroatoms. The zero-order valence-electron chi connectivity index (χ0n) is 8.68. The van der Waals surface area contributed by atoms with Gasteiger partial charge in [-0.2, -0.15) is 0 Å². The van der Waals surface area contributed by atoms with Crippen molar-refractivity contribution in [2.45, 2.75) is 6.42 Å². The molecule has 0 amide bonds. The summed E-state index contributed by atoms with van der Waals surface area (Å²) in [5.74, 6) is 0.